The van der Waals surface area contributed by atoms with E-state index in [0.29, 0.717) is 6.01 Å². The van der Waals surface area contributed by atoms with Crippen molar-refractivity contribution in [1.29, 1.82) is 0 Å². The van der Waals surface area contributed by atoms with Crippen molar-refractivity contribution in [3.05, 3.63) is 37.1 Å². The van der Waals surface area contributed by atoms with E-state index in [1.165, 1.54) is 0 Å². The fourth-order valence-electron chi connectivity index (χ4n) is 2.74. The normalized spacial score (nSPS) is 17.6. The summed E-state index contributed by atoms with van der Waals surface area (Å²) >= 11 is 0. The molecule has 0 aliphatic carbocycles. The molecule has 1 aliphatic rings. The standard InChI is InChI=1S/C15H17N7O/c1-21-9-11(8-18-21)13-2-4-16-14(20-13)22-6-3-12(10-22)19-15-17-5-7-23-15/h2,4-5,7-9,12H,3,6,10H2,1H3,(H,17,19). The van der Waals surface area contributed by atoms with E-state index in [-0.39, 0.29) is 6.04 Å². The zero-order chi connectivity index (χ0) is 15.6. The van der Waals surface area contributed by atoms with Gasteiger partial charge in [0.1, 0.15) is 6.26 Å². The lowest BCUT2D eigenvalue weighted by Crippen LogP contribution is -2.27. The van der Waals surface area contributed by atoms with E-state index in [2.05, 4.69) is 30.3 Å². The van der Waals surface area contributed by atoms with Crippen molar-refractivity contribution in [1.82, 2.24) is 24.7 Å². The van der Waals surface area contributed by atoms with Crippen LogP contribution >= 0.6 is 0 Å². The van der Waals surface area contributed by atoms with Crippen LogP contribution in [0.1, 0.15) is 6.42 Å². The van der Waals surface area contributed by atoms with Crippen LogP contribution in [0.4, 0.5) is 12.0 Å². The number of rotatable bonds is 4. The first-order chi connectivity index (χ1) is 11.3. The topological polar surface area (TPSA) is 84.9 Å². The van der Waals surface area contributed by atoms with Crippen LogP contribution in [-0.4, -0.2) is 43.9 Å². The lowest BCUT2D eigenvalue weighted by Gasteiger charge is -2.16. The van der Waals surface area contributed by atoms with E-state index in [4.69, 9.17) is 4.42 Å². The van der Waals surface area contributed by atoms with Gasteiger partial charge in [-0.25, -0.2) is 15.0 Å². The summed E-state index contributed by atoms with van der Waals surface area (Å²) in [7, 11) is 1.89. The molecule has 1 unspecified atom stereocenters. The Labute approximate surface area is 133 Å². The van der Waals surface area contributed by atoms with E-state index in [0.717, 1.165) is 36.7 Å². The van der Waals surface area contributed by atoms with E-state index in [1.807, 2.05) is 25.5 Å². The minimum Gasteiger partial charge on any atom is -0.432 e. The highest BCUT2D eigenvalue weighted by molar-refractivity contribution is 5.58. The Kier molecular flexibility index (Phi) is 3.41. The number of aryl methyl sites for hydroxylation is 1. The first-order valence-electron chi connectivity index (χ1n) is 7.51. The molecule has 118 valence electrons. The van der Waals surface area contributed by atoms with Crippen LogP contribution in [0.25, 0.3) is 11.3 Å². The van der Waals surface area contributed by atoms with Crippen LogP contribution in [0.5, 0.6) is 0 Å². The highest BCUT2D eigenvalue weighted by atomic mass is 16.4. The van der Waals surface area contributed by atoms with Gasteiger partial charge in [0.05, 0.1) is 18.1 Å². The molecule has 0 amide bonds. The second kappa shape index (κ2) is 5.71. The van der Waals surface area contributed by atoms with Gasteiger partial charge in [0.15, 0.2) is 0 Å². The molecule has 0 bridgehead atoms. The van der Waals surface area contributed by atoms with Crippen LogP contribution in [-0.2, 0) is 7.05 Å². The summed E-state index contributed by atoms with van der Waals surface area (Å²) in [5, 5.41) is 7.47. The molecule has 3 aromatic heterocycles. The van der Waals surface area contributed by atoms with Gasteiger partial charge in [-0.3, -0.25) is 4.68 Å². The first kappa shape index (κ1) is 13.7. The lowest BCUT2D eigenvalue weighted by atomic mass is 10.2. The average Bonchev–Trinajstić information content (AvgIpc) is 3.30. The molecule has 4 heterocycles. The second-order valence-corrected chi connectivity index (χ2v) is 5.56. The van der Waals surface area contributed by atoms with E-state index < -0.39 is 0 Å². The summed E-state index contributed by atoms with van der Waals surface area (Å²) in [4.78, 5) is 15.3. The SMILES string of the molecule is Cn1cc(-c2ccnc(N3CCC(Nc4ncco4)C3)n2)cn1. The van der Waals surface area contributed by atoms with E-state index in [9.17, 15) is 0 Å². The summed E-state index contributed by atoms with van der Waals surface area (Å²) in [5.74, 6) is 0.739. The third kappa shape index (κ3) is 2.87. The van der Waals surface area contributed by atoms with Crippen LogP contribution < -0.4 is 10.2 Å². The maximum absolute atomic E-state index is 5.23. The van der Waals surface area contributed by atoms with Crippen molar-refractivity contribution in [2.45, 2.75) is 12.5 Å². The summed E-state index contributed by atoms with van der Waals surface area (Å²) in [5.41, 5.74) is 1.87. The molecule has 4 rings (SSSR count). The highest BCUT2D eigenvalue weighted by Gasteiger charge is 2.25. The van der Waals surface area contributed by atoms with Gasteiger partial charge in [-0.1, -0.05) is 0 Å². The number of hydrogen-bond acceptors (Lipinski definition) is 7. The molecule has 0 radical (unpaired) electrons. The van der Waals surface area contributed by atoms with Gasteiger partial charge in [0, 0.05) is 44.1 Å². The largest absolute Gasteiger partial charge is 0.432 e. The number of nitrogens with one attached hydrogen (secondary N) is 1. The second-order valence-electron chi connectivity index (χ2n) is 5.56. The van der Waals surface area contributed by atoms with Crippen LogP contribution in [0.2, 0.25) is 0 Å². The molecule has 1 atom stereocenters. The third-order valence-corrected chi connectivity index (χ3v) is 3.87. The molecule has 0 spiro atoms. The molecule has 23 heavy (non-hydrogen) atoms. The van der Waals surface area contributed by atoms with Crippen molar-refractivity contribution in [3.8, 4) is 11.3 Å². The summed E-state index contributed by atoms with van der Waals surface area (Å²) in [6.45, 7) is 1.72. The van der Waals surface area contributed by atoms with Gasteiger partial charge in [0.2, 0.25) is 5.95 Å². The summed E-state index contributed by atoms with van der Waals surface area (Å²) in [6.07, 6.45) is 9.74. The Hall–Kier alpha value is -2.90. The van der Waals surface area contributed by atoms with Crippen molar-refractivity contribution in [2.75, 3.05) is 23.3 Å². The molecule has 1 saturated heterocycles. The molecule has 1 fully saturated rings. The van der Waals surface area contributed by atoms with Gasteiger partial charge >= 0.3 is 0 Å². The zero-order valence-corrected chi connectivity index (χ0v) is 12.8. The molecule has 1 aliphatic heterocycles. The fraction of sp³-hybridized carbons (Fsp3) is 0.333. The monoisotopic (exact) mass is 311 g/mol. The van der Waals surface area contributed by atoms with Crippen molar-refractivity contribution >= 4 is 12.0 Å². The third-order valence-electron chi connectivity index (χ3n) is 3.87. The Bertz CT molecular complexity index is 783. The number of hydrogen-bond donors (Lipinski definition) is 1. The summed E-state index contributed by atoms with van der Waals surface area (Å²) < 4.78 is 7.00. The van der Waals surface area contributed by atoms with Gasteiger partial charge in [-0.2, -0.15) is 5.10 Å². The smallest absolute Gasteiger partial charge is 0.294 e. The highest BCUT2D eigenvalue weighted by Crippen LogP contribution is 2.22. The predicted octanol–water partition coefficient (Wildman–Crippen LogP) is 1.56. The van der Waals surface area contributed by atoms with Crippen LogP contribution in [0, 0.1) is 0 Å². The minimum atomic E-state index is 0.277. The summed E-state index contributed by atoms with van der Waals surface area (Å²) in [6, 6.07) is 2.74. The van der Waals surface area contributed by atoms with Gasteiger partial charge in [0.25, 0.3) is 6.01 Å². The van der Waals surface area contributed by atoms with Gasteiger partial charge in [-0.05, 0) is 12.5 Å². The van der Waals surface area contributed by atoms with E-state index in [1.54, 1.807) is 23.3 Å². The Morgan fingerprint density at radius 2 is 2.26 bits per heavy atom. The minimum absolute atomic E-state index is 0.277. The van der Waals surface area contributed by atoms with E-state index >= 15 is 0 Å². The molecule has 8 nitrogen and oxygen atoms in total. The fourth-order valence-corrected chi connectivity index (χ4v) is 2.74. The molecule has 3 aromatic rings. The maximum atomic E-state index is 5.23. The molecular weight excluding hydrogens is 294 g/mol. The lowest BCUT2D eigenvalue weighted by molar-refractivity contribution is 0.561. The predicted molar refractivity (Wildman–Crippen MR) is 85.0 cm³/mol. The Balaban J connectivity index is 1.48. The van der Waals surface area contributed by atoms with Crippen molar-refractivity contribution < 1.29 is 4.42 Å². The first-order valence-corrected chi connectivity index (χ1v) is 7.51. The van der Waals surface area contributed by atoms with Crippen LogP contribution in [0.15, 0.2) is 41.5 Å². The Morgan fingerprint density at radius 1 is 1.30 bits per heavy atom. The molecular formula is C15H17N7O. The molecule has 0 aromatic carbocycles. The molecule has 1 N–H and O–H groups in total. The number of aromatic nitrogens is 5. The van der Waals surface area contributed by atoms with Crippen molar-refractivity contribution in [2.24, 2.45) is 7.05 Å². The van der Waals surface area contributed by atoms with Gasteiger partial charge in [-0.15, -0.1) is 0 Å². The van der Waals surface area contributed by atoms with Crippen LogP contribution in [0.3, 0.4) is 0 Å². The Morgan fingerprint density at radius 3 is 3.04 bits per heavy atom. The maximum Gasteiger partial charge on any atom is 0.294 e. The molecule has 8 heteroatoms. The number of nitrogens with zero attached hydrogens (tertiary/aromatic N) is 6. The quantitative estimate of drug-likeness (QED) is 0.782. The van der Waals surface area contributed by atoms with Crippen molar-refractivity contribution in [3.63, 3.8) is 0 Å². The number of anilines is 2. The average molecular weight is 311 g/mol. The molecule has 0 saturated carbocycles. The van der Waals surface area contributed by atoms with Gasteiger partial charge < -0.3 is 14.6 Å². The number of oxazole rings is 1. The zero-order valence-electron chi connectivity index (χ0n) is 12.8.